The fraction of sp³-hybridized carbons (Fsp3) is 0.526. The van der Waals surface area contributed by atoms with E-state index in [0.29, 0.717) is 43.1 Å². The van der Waals surface area contributed by atoms with E-state index in [1.807, 2.05) is 4.90 Å². The molecule has 0 aliphatic heterocycles. The molecule has 8 nitrogen and oxygen atoms in total. The lowest BCUT2D eigenvalue weighted by Gasteiger charge is -2.26. The van der Waals surface area contributed by atoms with Gasteiger partial charge in [-0.2, -0.15) is 0 Å². The first-order valence-corrected chi connectivity index (χ1v) is 8.93. The number of methoxy groups -OCH3 is 1. The van der Waals surface area contributed by atoms with Crippen LogP contribution in [0.5, 0.6) is 5.75 Å². The fourth-order valence-electron chi connectivity index (χ4n) is 2.31. The Hall–Kier alpha value is -2.77. The molecule has 0 bridgehead atoms. The Morgan fingerprint density at radius 1 is 1.00 bits per heavy atom. The van der Waals surface area contributed by atoms with Gasteiger partial charge in [-0.3, -0.25) is 14.4 Å². The summed E-state index contributed by atoms with van der Waals surface area (Å²) in [7, 11) is 1.54. The summed E-state index contributed by atoms with van der Waals surface area (Å²) < 4.78 is 15.7. The number of anilines is 2. The van der Waals surface area contributed by atoms with Crippen molar-refractivity contribution >= 4 is 29.2 Å². The Balaban J connectivity index is 2.97. The summed E-state index contributed by atoms with van der Waals surface area (Å²) in [6.07, 6.45) is 0.602. The minimum atomic E-state index is -0.286. The van der Waals surface area contributed by atoms with Crippen LogP contribution >= 0.6 is 0 Å². The van der Waals surface area contributed by atoms with E-state index >= 15 is 0 Å². The van der Waals surface area contributed by atoms with Crippen LogP contribution in [0.4, 0.5) is 11.4 Å². The van der Waals surface area contributed by atoms with Crippen LogP contribution in [0.25, 0.3) is 0 Å². The molecule has 0 radical (unpaired) electrons. The van der Waals surface area contributed by atoms with Gasteiger partial charge in [-0.25, -0.2) is 0 Å². The van der Waals surface area contributed by atoms with E-state index in [2.05, 4.69) is 5.32 Å². The maximum Gasteiger partial charge on any atom is 0.305 e. The lowest BCUT2D eigenvalue weighted by Crippen LogP contribution is -2.32. The number of ether oxygens (including phenoxy) is 3. The molecular weight excluding hydrogens is 352 g/mol. The molecule has 27 heavy (non-hydrogen) atoms. The molecule has 0 aliphatic carbocycles. The summed E-state index contributed by atoms with van der Waals surface area (Å²) in [4.78, 5) is 36.0. The molecule has 1 amide bonds. The average Bonchev–Trinajstić information content (AvgIpc) is 2.65. The Morgan fingerprint density at radius 2 is 1.56 bits per heavy atom. The van der Waals surface area contributed by atoms with E-state index < -0.39 is 0 Å². The zero-order valence-corrected chi connectivity index (χ0v) is 16.4. The maximum atomic E-state index is 11.4. The van der Waals surface area contributed by atoms with Gasteiger partial charge in [0.05, 0.1) is 25.9 Å². The zero-order valence-electron chi connectivity index (χ0n) is 16.4. The van der Waals surface area contributed by atoms with Crippen LogP contribution in [0.2, 0.25) is 0 Å². The SMILES string of the molecule is CCC(=O)OCCN(CCOC(=O)CC)c1cc(NC(C)=O)ccc1OC. The van der Waals surface area contributed by atoms with Crippen molar-refractivity contribution in [1.29, 1.82) is 0 Å². The van der Waals surface area contributed by atoms with E-state index in [1.54, 1.807) is 39.2 Å². The predicted octanol–water partition coefficient (Wildman–Crippen LogP) is 2.37. The molecule has 0 saturated heterocycles. The zero-order chi connectivity index (χ0) is 20.2. The second kappa shape index (κ2) is 11.8. The lowest BCUT2D eigenvalue weighted by atomic mass is 10.2. The van der Waals surface area contributed by atoms with Gasteiger partial charge in [0.1, 0.15) is 19.0 Å². The van der Waals surface area contributed by atoms with Gasteiger partial charge in [-0.15, -0.1) is 0 Å². The Kier molecular flexibility index (Phi) is 9.71. The third-order valence-corrected chi connectivity index (χ3v) is 3.67. The normalized spacial score (nSPS) is 10.1. The van der Waals surface area contributed by atoms with E-state index in [4.69, 9.17) is 14.2 Å². The number of hydrogen-bond acceptors (Lipinski definition) is 7. The number of nitrogens with zero attached hydrogens (tertiary/aromatic N) is 1. The number of carbonyl (C=O) groups is 3. The van der Waals surface area contributed by atoms with Crippen LogP contribution in [-0.2, 0) is 23.9 Å². The third kappa shape index (κ3) is 7.98. The Bertz CT molecular complexity index is 625. The molecule has 1 aromatic carbocycles. The van der Waals surface area contributed by atoms with Crippen molar-refractivity contribution in [2.45, 2.75) is 33.6 Å². The van der Waals surface area contributed by atoms with Crippen molar-refractivity contribution in [3.63, 3.8) is 0 Å². The van der Waals surface area contributed by atoms with Crippen LogP contribution in [0.15, 0.2) is 18.2 Å². The first-order valence-electron chi connectivity index (χ1n) is 8.93. The molecule has 150 valence electrons. The smallest absolute Gasteiger partial charge is 0.305 e. The number of rotatable bonds is 11. The maximum absolute atomic E-state index is 11.4. The van der Waals surface area contributed by atoms with Gasteiger partial charge in [0, 0.05) is 25.5 Å². The van der Waals surface area contributed by atoms with Gasteiger partial charge < -0.3 is 24.4 Å². The Morgan fingerprint density at radius 3 is 2.00 bits per heavy atom. The summed E-state index contributed by atoms with van der Waals surface area (Å²) in [5, 5.41) is 2.73. The van der Waals surface area contributed by atoms with Crippen molar-refractivity contribution < 1.29 is 28.6 Å². The summed E-state index contributed by atoms with van der Waals surface area (Å²) in [6, 6.07) is 5.24. The topological polar surface area (TPSA) is 94.2 Å². The molecule has 0 saturated carbocycles. The number of carbonyl (C=O) groups excluding carboxylic acids is 3. The second-order valence-electron chi connectivity index (χ2n) is 5.70. The molecule has 0 unspecified atom stereocenters. The number of hydrogen-bond donors (Lipinski definition) is 1. The predicted molar refractivity (Wildman–Crippen MR) is 102 cm³/mol. The van der Waals surface area contributed by atoms with Crippen LogP contribution in [-0.4, -0.2) is 51.3 Å². The van der Waals surface area contributed by atoms with Gasteiger partial charge >= 0.3 is 11.9 Å². The Labute approximate surface area is 159 Å². The van der Waals surface area contributed by atoms with Crippen LogP contribution in [0, 0.1) is 0 Å². The fourth-order valence-corrected chi connectivity index (χ4v) is 2.31. The molecule has 0 heterocycles. The van der Waals surface area contributed by atoms with Gasteiger partial charge in [-0.1, -0.05) is 13.8 Å². The molecule has 0 atom stereocenters. The second-order valence-corrected chi connectivity index (χ2v) is 5.70. The van der Waals surface area contributed by atoms with Gasteiger partial charge in [0.2, 0.25) is 5.91 Å². The van der Waals surface area contributed by atoms with Crippen molar-refractivity contribution in [2.24, 2.45) is 0 Å². The highest BCUT2D eigenvalue weighted by Gasteiger charge is 2.15. The highest BCUT2D eigenvalue weighted by atomic mass is 16.5. The molecule has 1 rings (SSSR count). The molecule has 0 fully saturated rings. The third-order valence-electron chi connectivity index (χ3n) is 3.67. The minimum absolute atomic E-state index is 0.182. The van der Waals surface area contributed by atoms with E-state index in [9.17, 15) is 14.4 Å². The molecule has 1 aromatic rings. The van der Waals surface area contributed by atoms with Crippen LogP contribution in [0.1, 0.15) is 33.6 Å². The monoisotopic (exact) mass is 380 g/mol. The van der Waals surface area contributed by atoms with Gasteiger partial charge in [0.15, 0.2) is 0 Å². The molecule has 8 heteroatoms. The van der Waals surface area contributed by atoms with E-state index in [0.717, 1.165) is 0 Å². The van der Waals surface area contributed by atoms with Crippen molar-refractivity contribution in [3.8, 4) is 5.75 Å². The van der Waals surface area contributed by atoms with Gasteiger partial charge in [0.25, 0.3) is 0 Å². The summed E-state index contributed by atoms with van der Waals surface area (Å²) in [6.45, 7) is 6.01. The summed E-state index contributed by atoms with van der Waals surface area (Å²) >= 11 is 0. The number of amides is 1. The molecular formula is C19H28N2O6. The summed E-state index contributed by atoms with van der Waals surface area (Å²) in [5.74, 6) is -0.170. The van der Waals surface area contributed by atoms with Crippen molar-refractivity contribution in [3.05, 3.63) is 18.2 Å². The highest BCUT2D eigenvalue weighted by molar-refractivity contribution is 5.89. The standard InChI is InChI=1S/C19H28N2O6/c1-5-18(23)26-11-9-21(10-12-27-19(24)6-2)16-13-15(20-14(3)22)7-8-17(16)25-4/h7-8,13H,5-6,9-12H2,1-4H3,(H,20,22). The van der Waals surface area contributed by atoms with E-state index in [1.165, 1.54) is 6.92 Å². The first-order chi connectivity index (χ1) is 12.9. The molecule has 0 aliphatic rings. The first kappa shape index (κ1) is 22.3. The number of esters is 2. The lowest BCUT2D eigenvalue weighted by molar-refractivity contribution is -0.143. The van der Waals surface area contributed by atoms with Crippen molar-refractivity contribution in [1.82, 2.24) is 0 Å². The number of benzene rings is 1. The molecule has 0 aromatic heterocycles. The minimum Gasteiger partial charge on any atom is -0.495 e. The van der Waals surface area contributed by atoms with Crippen molar-refractivity contribution in [2.75, 3.05) is 43.6 Å². The average molecular weight is 380 g/mol. The van der Waals surface area contributed by atoms with Crippen LogP contribution < -0.4 is 15.0 Å². The van der Waals surface area contributed by atoms with Gasteiger partial charge in [-0.05, 0) is 18.2 Å². The summed E-state index contributed by atoms with van der Waals surface area (Å²) in [5.41, 5.74) is 1.31. The van der Waals surface area contributed by atoms with Crippen LogP contribution in [0.3, 0.4) is 0 Å². The quantitative estimate of drug-likeness (QED) is 0.589. The largest absolute Gasteiger partial charge is 0.495 e. The number of nitrogens with one attached hydrogen (secondary N) is 1. The molecule has 1 N–H and O–H groups in total. The highest BCUT2D eigenvalue weighted by Crippen LogP contribution is 2.31. The molecule has 0 spiro atoms. The van der Waals surface area contributed by atoms with E-state index in [-0.39, 0.29) is 31.1 Å².